The summed E-state index contributed by atoms with van der Waals surface area (Å²) >= 11 is 7.11. The molecule has 190 valence electrons. The van der Waals surface area contributed by atoms with Crippen molar-refractivity contribution in [1.82, 2.24) is 20.1 Å². The summed E-state index contributed by atoms with van der Waals surface area (Å²) in [5.41, 5.74) is 0.748. The van der Waals surface area contributed by atoms with Crippen LogP contribution in [0, 0.1) is 11.6 Å². The average Bonchev–Trinajstić information content (AvgIpc) is 3.30. The van der Waals surface area contributed by atoms with Gasteiger partial charge in [0.25, 0.3) is 5.91 Å². The molecule has 0 saturated carbocycles. The van der Waals surface area contributed by atoms with E-state index in [-0.39, 0.29) is 28.8 Å². The van der Waals surface area contributed by atoms with Crippen LogP contribution in [0.5, 0.6) is 5.75 Å². The van der Waals surface area contributed by atoms with Crippen LogP contribution in [-0.4, -0.2) is 39.4 Å². The molecule has 0 spiro atoms. The number of anilines is 1. The Hall–Kier alpha value is -3.96. The fourth-order valence-electron chi connectivity index (χ4n) is 3.39. The largest absolute Gasteiger partial charge is 0.495 e. The number of para-hydroxylation sites is 2. The Labute approximate surface area is 220 Å². The number of ether oxygens (including phenoxy) is 1. The predicted molar refractivity (Wildman–Crippen MR) is 136 cm³/mol. The fourth-order valence-corrected chi connectivity index (χ4v) is 4.40. The lowest BCUT2D eigenvalue weighted by Gasteiger charge is -2.14. The van der Waals surface area contributed by atoms with E-state index in [9.17, 15) is 18.4 Å². The maximum atomic E-state index is 14.2. The van der Waals surface area contributed by atoms with Crippen molar-refractivity contribution >= 4 is 40.9 Å². The maximum absolute atomic E-state index is 14.2. The molecule has 2 N–H and O–H groups in total. The molecule has 37 heavy (non-hydrogen) atoms. The minimum Gasteiger partial charge on any atom is -0.495 e. The standard InChI is InChI=1S/C25H20ClF2N5O3S/c1-36-20-8-3-2-7-19(20)33-21(13-29-24(35)23-17(26)5-4-6-18(23)28)31-32-25(33)37-14-22(34)30-16-11-9-15(27)10-12-16/h2-12H,13-14H2,1H3,(H,29,35)(H,30,34). The van der Waals surface area contributed by atoms with Crippen LogP contribution in [0.3, 0.4) is 0 Å². The molecule has 0 aliphatic rings. The summed E-state index contributed by atoms with van der Waals surface area (Å²) in [7, 11) is 1.51. The Morgan fingerprint density at radius 1 is 1.03 bits per heavy atom. The number of hydrogen-bond donors (Lipinski definition) is 2. The van der Waals surface area contributed by atoms with Gasteiger partial charge < -0.3 is 15.4 Å². The predicted octanol–water partition coefficient (Wildman–Crippen LogP) is 4.87. The maximum Gasteiger partial charge on any atom is 0.256 e. The van der Waals surface area contributed by atoms with Crippen molar-refractivity contribution in [3.8, 4) is 11.4 Å². The van der Waals surface area contributed by atoms with Gasteiger partial charge in [-0.15, -0.1) is 10.2 Å². The van der Waals surface area contributed by atoms with Gasteiger partial charge in [-0.05, 0) is 48.5 Å². The molecule has 1 heterocycles. The number of aromatic nitrogens is 3. The zero-order valence-corrected chi connectivity index (χ0v) is 20.9. The third-order valence-corrected chi connectivity index (χ3v) is 6.33. The van der Waals surface area contributed by atoms with Crippen LogP contribution < -0.4 is 15.4 Å². The second kappa shape index (κ2) is 11.8. The topological polar surface area (TPSA) is 98.1 Å². The van der Waals surface area contributed by atoms with E-state index in [1.165, 1.54) is 43.5 Å². The molecular weight excluding hydrogens is 524 g/mol. The summed E-state index contributed by atoms with van der Waals surface area (Å²) in [5, 5.41) is 14.0. The molecule has 4 rings (SSSR count). The van der Waals surface area contributed by atoms with Crippen LogP contribution in [0.15, 0.2) is 71.9 Å². The van der Waals surface area contributed by atoms with E-state index in [1.807, 2.05) is 0 Å². The normalized spacial score (nSPS) is 10.7. The number of thioether (sulfide) groups is 1. The van der Waals surface area contributed by atoms with E-state index < -0.39 is 17.5 Å². The highest BCUT2D eigenvalue weighted by Gasteiger charge is 2.21. The summed E-state index contributed by atoms with van der Waals surface area (Å²) in [6.45, 7) is -0.114. The van der Waals surface area contributed by atoms with Crippen LogP contribution in [0.1, 0.15) is 16.2 Å². The number of rotatable bonds is 9. The molecule has 2 amide bonds. The number of benzene rings is 3. The molecular formula is C25H20ClF2N5O3S. The van der Waals surface area contributed by atoms with Crippen molar-refractivity contribution in [2.24, 2.45) is 0 Å². The molecule has 12 heteroatoms. The molecule has 0 aliphatic heterocycles. The Morgan fingerprint density at radius 2 is 1.78 bits per heavy atom. The van der Waals surface area contributed by atoms with E-state index in [1.54, 1.807) is 28.8 Å². The van der Waals surface area contributed by atoms with Gasteiger partial charge in [0.2, 0.25) is 5.91 Å². The first-order chi connectivity index (χ1) is 17.9. The molecule has 0 radical (unpaired) electrons. The van der Waals surface area contributed by atoms with Gasteiger partial charge in [0, 0.05) is 5.69 Å². The van der Waals surface area contributed by atoms with Gasteiger partial charge in [-0.1, -0.05) is 41.6 Å². The molecule has 0 bridgehead atoms. The zero-order chi connectivity index (χ0) is 26.4. The first-order valence-corrected chi connectivity index (χ1v) is 12.2. The van der Waals surface area contributed by atoms with Gasteiger partial charge in [0.15, 0.2) is 11.0 Å². The van der Waals surface area contributed by atoms with Crippen molar-refractivity contribution in [2.45, 2.75) is 11.7 Å². The Balaban J connectivity index is 1.56. The summed E-state index contributed by atoms with van der Waals surface area (Å²) in [6, 6.07) is 16.5. The van der Waals surface area contributed by atoms with Gasteiger partial charge in [-0.3, -0.25) is 14.2 Å². The van der Waals surface area contributed by atoms with Crippen molar-refractivity contribution in [1.29, 1.82) is 0 Å². The lowest BCUT2D eigenvalue weighted by atomic mass is 10.2. The van der Waals surface area contributed by atoms with Gasteiger partial charge >= 0.3 is 0 Å². The zero-order valence-electron chi connectivity index (χ0n) is 19.4. The first-order valence-electron chi connectivity index (χ1n) is 10.9. The van der Waals surface area contributed by atoms with E-state index in [2.05, 4.69) is 20.8 Å². The third-order valence-electron chi connectivity index (χ3n) is 5.08. The number of amides is 2. The van der Waals surface area contributed by atoms with E-state index in [0.717, 1.165) is 17.8 Å². The van der Waals surface area contributed by atoms with Crippen LogP contribution in [0.2, 0.25) is 5.02 Å². The van der Waals surface area contributed by atoms with Crippen LogP contribution in [0.25, 0.3) is 5.69 Å². The molecule has 3 aromatic carbocycles. The molecule has 8 nitrogen and oxygen atoms in total. The smallest absolute Gasteiger partial charge is 0.256 e. The van der Waals surface area contributed by atoms with Gasteiger partial charge in [0.05, 0.1) is 35.7 Å². The number of carbonyl (C=O) groups is 2. The quantitative estimate of drug-likeness (QED) is 0.292. The fraction of sp³-hybridized carbons (Fsp3) is 0.120. The molecule has 1 aromatic heterocycles. The number of nitrogens with one attached hydrogen (secondary N) is 2. The van der Waals surface area contributed by atoms with E-state index >= 15 is 0 Å². The molecule has 0 aliphatic carbocycles. The monoisotopic (exact) mass is 543 g/mol. The van der Waals surface area contributed by atoms with Crippen LogP contribution >= 0.6 is 23.4 Å². The van der Waals surface area contributed by atoms with Crippen LogP contribution in [0.4, 0.5) is 14.5 Å². The second-order valence-corrected chi connectivity index (χ2v) is 8.88. The van der Waals surface area contributed by atoms with E-state index in [0.29, 0.717) is 28.1 Å². The summed E-state index contributed by atoms with van der Waals surface area (Å²) in [5.74, 6) is -1.42. The van der Waals surface area contributed by atoms with Crippen molar-refractivity contribution in [3.05, 3.63) is 94.8 Å². The SMILES string of the molecule is COc1ccccc1-n1c(CNC(=O)c2c(F)cccc2Cl)nnc1SCC(=O)Nc1ccc(F)cc1. The first kappa shape index (κ1) is 26.1. The van der Waals surface area contributed by atoms with Gasteiger partial charge in [-0.25, -0.2) is 8.78 Å². The average molecular weight is 544 g/mol. The minimum atomic E-state index is -0.750. The number of halogens is 3. The lowest BCUT2D eigenvalue weighted by Crippen LogP contribution is -2.26. The minimum absolute atomic E-state index is 0.0212. The Bertz CT molecular complexity index is 1410. The molecule has 0 atom stereocenters. The Kier molecular flexibility index (Phi) is 8.36. The molecule has 0 saturated heterocycles. The van der Waals surface area contributed by atoms with Crippen molar-refractivity contribution in [2.75, 3.05) is 18.2 Å². The number of hydrogen-bond acceptors (Lipinski definition) is 6. The highest BCUT2D eigenvalue weighted by Crippen LogP contribution is 2.29. The van der Waals surface area contributed by atoms with Crippen LogP contribution in [-0.2, 0) is 11.3 Å². The molecule has 0 unspecified atom stereocenters. The summed E-state index contributed by atoms with van der Waals surface area (Å²) < 4.78 is 34.4. The van der Waals surface area contributed by atoms with Crippen molar-refractivity contribution < 1.29 is 23.1 Å². The number of methoxy groups -OCH3 is 1. The third kappa shape index (κ3) is 6.25. The number of carbonyl (C=O) groups excluding carboxylic acids is 2. The highest BCUT2D eigenvalue weighted by atomic mass is 35.5. The highest BCUT2D eigenvalue weighted by molar-refractivity contribution is 7.99. The van der Waals surface area contributed by atoms with Gasteiger partial charge in [-0.2, -0.15) is 0 Å². The summed E-state index contributed by atoms with van der Waals surface area (Å²) in [4.78, 5) is 25.1. The second-order valence-electron chi connectivity index (χ2n) is 7.53. The Morgan fingerprint density at radius 3 is 2.51 bits per heavy atom. The van der Waals surface area contributed by atoms with Gasteiger partial charge in [0.1, 0.15) is 17.4 Å². The number of nitrogens with zero attached hydrogens (tertiary/aromatic N) is 3. The van der Waals surface area contributed by atoms with E-state index in [4.69, 9.17) is 16.3 Å². The summed E-state index contributed by atoms with van der Waals surface area (Å²) in [6.07, 6.45) is 0. The lowest BCUT2D eigenvalue weighted by molar-refractivity contribution is -0.113. The molecule has 4 aromatic rings. The molecule has 0 fully saturated rings. The van der Waals surface area contributed by atoms with Crippen molar-refractivity contribution in [3.63, 3.8) is 0 Å².